The van der Waals surface area contributed by atoms with E-state index in [9.17, 15) is 4.39 Å². The molecule has 1 aliphatic rings. The number of halogens is 2. The molecule has 1 fully saturated rings. The van der Waals surface area contributed by atoms with Crippen LogP contribution < -0.4 is 5.32 Å². The van der Waals surface area contributed by atoms with Crippen LogP contribution in [0.5, 0.6) is 0 Å². The van der Waals surface area contributed by atoms with Crippen molar-refractivity contribution in [2.75, 3.05) is 32.0 Å². The highest BCUT2D eigenvalue weighted by Gasteiger charge is 2.17. The molecule has 4 heteroatoms. The molecule has 2 nitrogen and oxygen atoms in total. The SMILES string of the molecule is Cc1cc(Br)c(F)cc1NCC1CCCN(C)C1. The third kappa shape index (κ3) is 3.45. The number of nitrogens with one attached hydrogen (secondary N) is 1. The fourth-order valence-corrected chi connectivity index (χ4v) is 2.99. The van der Waals surface area contributed by atoms with Crippen LogP contribution in [-0.4, -0.2) is 31.6 Å². The number of anilines is 1. The Morgan fingerprint density at radius 3 is 3.00 bits per heavy atom. The van der Waals surface area contributed by atoms with Gasteiger partial charge in [-0.25, -0.2) is 4.39 Å². The molecule has 1 saturated heterocycles. The smallest absolute Gasteiger partial charge is 0.139 e. The minimum absolute atomic E-state index is 0.205. The minimum Gasteiger partial charge on any atom is -0.384 e. The van der Waals surface area contributed by atoms with Gasteiger partial charge in [-0.05, 0) is 72.9 Å². The predicted molar refractivity (Wildman–Crippen MR) is 77.5 cm³/mol. The monoisotopic (exact) mass is 314 g/mol. The molecule has 1 atom stereocenters. The first-order chi connectivity index (χ1) is 8.56. The zero-order chi connectivity index (χ0) is 13.1. The zero-order valence-corrected chi connectivity index (χ0v) is 12.6. The summed E-state index contributed by atoms with van der Waals surface area (Å²) < 4.78 is 14.0. The summed E-state index contributed by atoms with van der Waals surface area (Å²) in [5.74, 6) is 0.457. The molecule has 0 radical (unpaired) electrons. The lowest BCUT2D eigenvalue weighted by Gasteiger charge is -2.30. The van der Waals surface area contributed by atoms with Gasteiger partial charge in [0.2, 0.25) is 0 Å². The van der Waals surface area contributed by atoms with Crippen LogP contribution in [-0.2, 0) is 0 Å². The van der Waals surface area contributed by atoms with Crippen LogP contribution in [0.3, 0.4) is 0 Å². The number of aryl methyl sites for hydroxylation is 1. The molecule has 0 bridgehead atoms. The number of piperidine rings is 1. The van der Waals surface area contributed by atoms with Gasteiger partial charge in [-0.15, -0.1) is 0 Å². The summed E-state index contributed by atoms with van der Waals surface area (Å²) in [6.45, 7) is 5.25. The molecule has 2 rings (SSSR count). The van der Waals surface area contributed by atoms with Gasteiger partial charge in [0.25, 0.3) is 0 Å². The Kier molecular flexibility index (Phi) is 4.62. The van der Waals surface area contributed by atoms with Gasteiger partial charge in [-0.3, -0.25) is 0 Å². The molecule has 0 spiro atoms. The zero-order valence-electron chi connectivity index (χ0n) is 11.0. The number of hydrogen-bond acceptors (Lipinski definition) is 2. The van der Waals surface area contributed by atoms with Crippen LogP contribution in [0.2, 0.25) is 0 Å². The average Bonchev–Trinajstić information content (AvgIpc) is 2.32. The maximum atomic E-state index is 13.5. The molecule has 18 heavy (non-hydrogen) atoms. The van der Waals surface area contributed by atoms with Crippen LogP contribution >= 0.6 is 15.9 Å². The Morgan fingerprint density at radius 2 is 2.28 bits per heavy atom. The van der Waals surface area contributed by atoms with Crippen molar-refractivity contribution in [3.8, 4) is 0 Å². The normalized spacial score (nSPS) is 21.0. The van der Waals surface area contributed by atoms with E-state index < -0.39 is 0 Å². The Hall–Kier alpha value is -0.610. The van der Waals surface area contributed by atoms with Crippen LogP contribution in [0.15, 0.2) is 16.6 Å². The van der Waals surface area contributed by atoms with E-state index >= 15 is 0 Å². The summed E-state index contributed by atoms with van der Waals surface area (Å²) in [5.41, 5.74) is 1.98. The van der Waals surface area contributed by atoms with Gasteiger partial charge in [-0.2, -0.15) is 0 Å². The molecule has 1 aromatic carbocycles. The average molecular weight is 315 g/mol. The summed E-state index contributed by atoms with van der Waals surface area (Å²) in [4.78, 5) is 2.37. The maximum absolute atomic E-state index is 13.5. The topological polar surface area (TPSA) is 15.3 Å². The number of nitrogens with zero attached hydrogens (tertiary/aromatic N) is 1. The largest absolute Gasteiger partial charge is 0.384 e. The highest BCUT2D eigenvalue weighted by Crippen LogP contribution is 2.25. The van der Waals surface area contributed by atoms with E-state index in [2.05, 4.69) is 33.2 Å². The molecule has 0 saturated carbocycles. The summed E-state index contributed by atoms with van der Waals surface area (Å²) in [6, 6.07) is 3.40. The van der Waals surface area contributed by atoms with Gasteiger partial charge in [0.1, 0.15) is 5.82 Å². The van der Waals surface area contributed by atoms with E-state index in [0.717, 1.165) is 24.3 Å². The first-order valence-electron chi connectivity index (χ1n) is 6.44. The summed E-state index contributed by atoms with van der Waals surface area (Å²) in [7, 11) is 2.16. The Labute approximate surface area is 117 Å². The highest BCUT2D eigenvalue weighted by atomic mass is 79.9. The molecular formula is C14H20BrFN2. The second kappa shape index (κ2) is 6.02. The lowest BCUT2D eigenvalue weighted by atomic mass is 9.98. The first-order valence-corrected chi connectivity index (χ1v) is 7.23. The van der Waals surface area contributed by atoms with Crippen LogP contribution in [0, 0.1) is 18.7 Å². The van der Waals surface area contributed by atoms with Gasteiger partial charge < -0.3 is 10.2 Å². The van der Waals surface area contributed by atoms with Crippen LogP contribution in [0.25, 0.3) is 0 Å². The number of rotatable bonds is 3. The standard InChI is InChI=1S/C14H20BrFN2/c1-10-6-12(15)13(16)7-14(10)17-8-11-4-3-5-18(2)9-11/h6-7,11,17H,3-5,8-9H2,1-2H3. The van der Waals surface area contributed by atoms with Crippen molar-refractivity contribution in [3.05, 3.63) is 28.0 Å². The molecule has 1 heterocycles. The third-order valence-electron chi connectivity index (χ3n) is 3.57. The molecule has 0 aromatic heterocycles. The van der Waals surface area contributed by atoms with Crippen molar-refractivity contribution >= 4 is 21.6 Å². The predicted octanol–water partition coefficient (Wildman–Crippen LogP) is 3.65. The number of likely N-dealkylation sites (tertiary alicyclic amines) is 1. The van der Waals surface area contributed by atoms with Gasteiger partial charge >= 0.3 is 0 Å². The fourth-order valence-electron chi connectivity index (χ4n) is 2.53. The molecule has 100 valence electrons. The van der Waals surface area contributed by atoms with Crippen molar-refractivity contribution in [3.63, 3.8) is 0 Å². The van der Waals surface area contributed by atoms with Crippen LogP contribution in [0.4, 0.5) is 10.1 Å². The van der Waals surface area contributed by atoms with Crippen molar-refractivity contribution < 1.29 is 4.39 Å². The number of benzene rings is 1. The van der Waals surface area contributed by atoms with Gasteiger partial charge in [-0.1, -0.05) is 0 Å². The lowest BCUT2D eigenvalue weighted by molar-refractivity contribution is 0.217. The summed E-state index contributed by atoms with van der Waals surface area (Å²) >= 11 is 3.21. The Bertz CT molecular complexity index is 423. The third-order valence-corrected chi connectivity index (χ3v) is 4.18. The Balaban J connectivity index is 1.95. The van der Waals surface area contributed by atoms with E-state index in [1.165, 1.54) is 19.4 Å². The quantitative estimate of drug-likeness (QED) is 0.916. The molecule has 1 aromatic rings. The van der Waals surface area contributed by atoms with Gasteiger partial charge in [0, 0.05) is 18.8 Å². The molecule has 1 N–H and O–H groups in total. The molecule has 0 amide bonds. The Morgan fingerprint density at radius 1 is 1.50 bits per heavy atom. The van der Waals surface area contributed by atoms with E-state index in [0.29, 0.717) is 10.4 Å². The van der Waals surface area contributed by atoms with E-state index in [-0.39, 0.29) is 5.82 Å². The molecule has 1 unspecified atom stereocenters. The number of hydrogen-bond donors (Lipinski definition) is 1. The molecule has 0 aliphatic carbocycles. The van der Waals surface area contributed by atoms with E-state index in [1.807, 2.05) is 13.0 Å². The molecule has 1 aliphatic heterocycles. The van der Waals surface area contributed by atoms with Gasteiger partial charge in [0.15, 0.2) is 0 Å². The lowest BCUT2D eigenvalue weighted by Crippen LogP contribution is -2.35. The summed E-state index contributed by atoms with van der Waals surface area (Å²) in [5, 5.41) is 3.38. The minimum atomic E-state index is -0.205. The van der Waals surface area contributed by atoms with Crippen molar-refractivity contribution in [1.82, 2.24) is 4.90 Å². The van der Waals surface area contributed by atoms with Gasteiger partial charge in [0.05, 0.1) is 4.47 Å². The highest BCUT2D eigenvalue weighted by molar-refractivity contribution is 9.10. The van der Waals surface area contributed by atoms with Crippen molar-refractivity contribution in [2.24, 2.45) is 5.92 Å². The van der Waals surface area contributed by atoms with E-state index in [1.54, 1.807) is 6.07 Å². The second-order valence-corrected chi connectivity index (χ2v) is 6.09. The van der Waals surface area contributed by atoms with E-state index in [4.69, 9.17) is 0 Å². The first kappa shape index (κ1) is 13.8. The maximum Gasteiger partial charge on any atom is 0.139 e. The summed E-state index contributed by atoms with van der Waals surface area (Å²) in [6.07, 6.45) is 2.52. The van der Waals surface area contributed by atoms with Crippen molar-refractivity contribution in [1.29, 1.82) is 0 Å². The fraction of sp³-hybridized carbons (Fsp3) is 0.571. The van der Waals surface area contributed by atoms with Crippen LogP contribution in [0.1, 0.15) is 18.4 Å². The second-order valence-electron chi connectivity index (χ2n) is 5.23. The van der Waals surface area contributed by atoms with Crippen molar-refractivity contribution in [2.45, 2.75) is 19.8 Å². The molecular weight excluding hydrogens is 295 g/mol.